The number of nitrogens with zero attached hydrogens (tertiary/aromatic N) is 3. The van der Waals surface area contributed by atoms with Crippen LogP contribution in [-0.4, -0.2) is 69.6 Å². The Balaban J connectivity index is 1.56. The van der Waals surface area contributed by atoms with Crippen molar-refractivity contribution in [1.29, 1.82) is 0 Å². The van der Waals surface area contributed by atoms with Gasteiger partial charge in [0.2, 0.25) is 11.8 Å². The first-order chi connectivity index (χ1) is 13.5. The van der Waals surface area contributed by atoms with Crippen LogP contribution in [0.3, 0.4) is 0 Å². The van der Waals surface area contributed by atoms with Crippen molar-refractivity contribution in [3.63, 3.8) is 0 Å². The summed E-state index contributed by atoms with van der Waals surface area (Å²) in [6.07, 6.45) is 7.70. The molecule has 28 heavy (non-hydrogen) atoms. The molecule has 1 spiro atoms. The Bertz CT molecular complexity index is 730. The molecular weight excluding hydrogens is 358 g/mol. The lowest BCUT2D eigenvalue weighted by Gasteiger charge is -2.48. The monoisotopic (exact) mass is 387 g/mol. The van der Waals surface area contributed by atoms with Crippen molar-refractivity contribution in [1.82, 2.24) is 14.8 Å². The highest BCUT2D eigenvalue weighted by Gasteiger charge is 2.53. The van der Waals surface area contributed by atoms with Crippen molar-refractivity contribution in [3.8, 4) is 5.88 Å². The van der Waals surface area contributed by atoms with Gasteiger partial charge in [-0.3, -0.25) is 9.59 Å². The van der Waals surface area contributed by atoms with Gasteiger partial charge in [0.05, 0.1) is 18.8 Å². The maximum atomic E-state index is 13.6. The summed E-state index contributed by atoms with van der Waals surface area (Å²) in [6, 6.07) is 3.58. The first kappa shape index (κ1) is 19.2. The van der Waals surface area contributed by atoms with Gasteiger partial charge in [0.25, 0.3) is 5.91 Å². The van der Waals surface area contributed by atoms with Gasteiger partial charge in [-0.15, -0.1) is 0 Å². The molecule has 3 fully saturated rings. The van der Waals surface area contributed by atoms with Crippen LogP contribution in [0.5, 0.6) is 5.88 Å². The standard InChI is InChI=1S/C21H29N3O4/c1-28-18-9-4-15(14-22-18)19(26)24-13-3-11-21(24)10-2-12-23(20(21)27)16-5-7-17(25)8-6-16/h4,9,14,16-17,25H,2-3,5-8,10-13H2,1H3. The maximum absolute atomic E-state index is 13.6. The zero-order valence-corrected chi connectivity index (χ0v) is 16.5. The van der Waals surface area contributed by atoms with Gasteiger partial charge in [-0.2, -0.15) is 0 Å². The van der Waals surface area contributed by atoms with Crippen LogP contribution in [0.1, 0.15) is 61.7 Å². The number of hydrogen-bond acceptors (Lipinski definition) is 5. The van der Waals surface area contributed by atoms with E-state index in [-0.39, 0.29) is 24.0 Å². The Morgan fingerprint density at radius 2 is 1.89 bits per heavy atom. The first-order valence-electron chi connectivity index (χ1n) is 10.4. The summed E-state index contributed by atoms with van der Waals surface area (Å²) in [4.78, 5) is 34.8. The second-order valence-electron chi connectivity index (χ2n) is 8.25. The van der Waals surface area contributed by atoms with Crippen molar-refractivity contribution in [3.05, 3.63) is 23.9 Å². The number of rotatable bonds is 3. The number of aromatic nitrogens is 1. The van der Waals surface area contributed by atoms with E-state index in [0.717, 1.165) is 57.9 Å². The van der Waals surface area contributed by atoms with E-state index in [1.54, 1.807) is 24.1 Å². The molecule has 1 unspecified atom stereocenters. The van der Waals surface area contributed by atoms with E-state index < -0.39 is 5.54 Å². The number of amides is 2. The minimum absolute atomic E-state index is 0.104. The molecule has 7 heteroatoms. The van der Waals surface area contributed by atoms with Crippen molar-refractivity contribution in [2.75, 3.05) is 20.2 Å². The van der Waals surface area contributed by atoms with Gasteiger partial charge in [0.15, 0.2) is 0 Å². The number of carbonyl (C=O) groups excluding carboxylic acids is 2. The number of aliphatic hydroxyl groups is 1. The van der Waals surface area contributed by atoms with Crippen molar-refractivity contribution < 1.29 is 19.4 Å². The molecule has 2 aliphatic heterocycles. The third-order valence-electron chi connectivity index (χ3n) is 6.68. The quantitative estimate of drug-likeness (QED) is 0.858. The van der Waals surface area contributed by atoms with Crippen LogP contribution in [0.4, 0.5) is 0 Å². The number of piperidine rings is 1. The smallest absolute Gasteiger partial charge is 0.256 e. The molecular formula is C21H29N3O4. The van der Waals surface area contributed by atoms with Gasteiger partial charge in [-0.1, -0.05) is 0 Å². The van der Waals surface area contributed by atoms with Crippen molar-refractivity contribution in [2.24, 2.45) is 0 Å². The summed E-state index contributed by atoms with van der Waals surface area (Å²) in [5.41, 5.74) is -0.224. The first-order valence-corrected chi connectivity index (χ1v) is 10.4. The van der Waals surface area contributed by atoms with Gasteiger partial charge >= 0.3 is 0 Å². The maximum Gasteiger partial charge on any atom is 0.256 e. The fourth-order valence-electron chi connectivity index (χ4n) is 5.18. The van der Waals surface area contributed by atoms with E-state index >= 15 is 0 Å². The molecule has 2 amide bonds. The predicted molar refractivity (Wildman–Crippen MR) is 103 cm³/mol. The Hall–Kier alpha value is -2.15. The SMILES string of the molecule is COc1ccc(C(=O)N2CCCC23CCCN(C2CCC(O)CC2)C3=O)cn1. The average molecular weight is 387 g/mol. The number of methoxy groups -OCH3 is 1. The lowest BCUT2D eigenvalue weighted by molar-refractivity contribution is -0.149. The number of carbonyl (C=O) groups is 2. The Morgan fingerprint density at radius 3 is 2.54 bits per heavy atom. The number of pyridine rings is 1. The number of aliphatic hydroxyl groups excluding tert-OH is 1. The highest BCUT2D eigenvalue weighted by molar-refractivity contribution is 6.00. The van der Waals surface area contributed by atoms with Gasteiger partial charge in [0.1, 0.15) is 5.54 Å². The van der Waals surface area contributed by atoms with Gasteiger partial charge in [-0.05, 0) is 57.4 Å². The van der Waals surface area contributed by atoms with Gasteiger partial charge in [0, 0.05) is 31.4 Å². The van der Waals surface area contributed by atoms with E-state index in [9.17, 15) is 14.7 Å². The normalized spacial score (nSPS) is 30.7. The van der Waals surface area contributed by atoms with Crippen molar-refractivity contribution >= 4 is 11.8 Å². The third-order valence-corrected chi connectivity index (χ3v) is 6.68. The largest absolute Gasteiger partial charge is 0.481 e. The summed E-state index contributed by atoms with van der Waals surface area (Å²) in [5.74, 6) is 0.446. The molecule has 4 rings (SSSR count). The summed E-state index contributed by atoms with van der Waals surface area (Å²) < 4.78 is 5.08. The molecule has 0 bridgehead atoms. The summed E-state index contributed by atoms with van der Waals surface area (Å²) in [6.45, 7) is 1.36. The molecule has 1 saturated carbocycles. The molecule has 1 aromatic heterocycles. The van der Waals surface area contributed by atoms with Crippen molar-refractivity contribution in [2.45, 2.75) is 69.1 Å². The number of ether oxygens (including phenoxy) is 1. The van der Waals surface area contributed by atoms with Crippen LogP contribution >= 0.6 is 0 Å². The van der Waals surface area contributed by atoms with Crippen LogP contribution in [0.15, 0.2) is 18.3 Å². The predicted octanol–water partition coefficient (Wildman–Crippen LogP) is 1.99. The summed E-state index contributed by atoms with van der Waals surface area (Å²) in [7, 11) is 1.54. The van der Waals surface area contributed by atoms with E-state index in [2.05, 4.69) is 4.98 Å². The summed E-state index contributed by atoms with van der Waals surface area (Å²) in [5, 5.41) is 9.80. The third kappa shape index (κ3) is 3.26. The molecule has 2 saturated heterocycles. The van der Waals surface area contributed by atoms with Crippen LogP contribution in [0, 0.1) is 0 Å². The summed E-state index contributed by atoms with van der Waals surface area (Å²) >= 11 is 0. The fraction of sp³-hybridized carbons (Fsp3) is 0.667. The molecule has 152 valence electrons. The van der Waals surface area contributed by atoms with E-state index in [0.29, 0.717) is 18.0 Å². The molecule has 3 aliphatic rings. The topological polar surface area (TPSA) is 83.0 Å². The minimum Gasteiger partial charge on any atom is -0.481 e. The van der Waals surface area contributed by atoms with E-state index in [4.69, 9.17) is 4.74 Å². The highest BCUT2D eigenvalue weighted by Crippen LogP contribution is 2.41. The molecule has 0 radical (unpaired) electrons. The number of likely N-dealkylation sites (tertiary alicyclic amines) is 2. The Morgan fingerprint density at radius 1 is 1.18 bits per heavy atom. The van der Waals surface area contributed by atoms with Crippen LogP contribution in [0.25, 0.3) is 0 Å². The molecule has 1 atom stereocenters. The lowest BCUT2D eigenvalue weighted by atomic mass is 9.82. The van der Waals surface area contributed by atoms with Gasteiger partial charge < -0.3 is 19.6 Å². The second-order valence-corrected chi connectivity index (χ2v) is 8.25. The molecule has 1 aliphatic carbocycles. The van der Waals surface area contributed by atoms with E-state index in [1.807, 2.05) is 4.90 Å². The molecule has 3 heterocycles. The minimum atomic E-state index is -0.717. The van der Waals surface area contributed by atoms with E-state index in [1.165, 1.54) is 6.20 Å². The zero-order valence-electron chi connectivity index (χ0n) is 16.5. The lowest BCUT2D eigenvalue weighted by Crippen LogP contribution is -2.63. The molecule has 0 aromatic carbocycles. The van der Waals surface area contributed by atoms with Crippen LogP contribution < -0.4 is 4.74 Å². The van der Waals surface area contributed by atoms with Gasteiger partial charge in [-0.25, -0.2) is 4.98 Å². The Labute approximate surface area is 165 Å². The van der Waals surface area contributed by atoms with Crippen LogP contribution in [0.2, 0.25) is 0 Å². The average Bonchev–Trinajstić information content (AvgIpc) is 3.15. The fourth-order valence-corrected chi connectivity index (χ4v) is 5.18. The second kappa shape index (κ2) is 7.70. The number of hydrogen-bond donors (Lipinski definition) is 1. The Kier molecular flexibility index (Phi) is 5.27. The van der Waals surface area contributed by atoms with Crippen LogP contribution in [-0.2, 0) is 4.79 Å². The zero-order chi connectivity index (χ0) is 19.7. The molecule has 1 aromatic rings. The molecule has 1 N–H and O–H groups in total. The highest BCUT2D eigenvalue weighted by atomic mass is 16.5. The molecule has 7 nitrogen and oxygen atoms in total.